The summed E-state index contributed by atoms with van der Waals surface area (Å²) in [6.07, 6.45) is 0.934. The zero-order valence-electron chi connectivity index (χ0n) is 14.7. The summed E-state index contributed by atoms with van der Waals surface area (Å²) in [5.74, 6) is 2.30. The van der Waals surface area contributed by atoms with Gasteiger partial charge in [0.15, 0.2) is 5.96 Å². The largest absolute Gasteiger partial charge is 0.492 e. The lowest BCUT2D eigenvalue weighted by Crippen LogP contribution is -2.39. The Hall–Kier alpha value is -1.75. The maximum atomic E-state index is 5.65. The normalized spacial score (nSPS) is 11.6. The molecule has 0 aliphatic carbocycles. The van der Waals surface area contributed by atoms with Gasteiger partial charge in [0.05, 0.1) is 6.54 Å². The molecule has 23 heavy (non-hydrogen) atoms. The van der Waals surface area contributed by atoms with Crippen LogP contribution in [0.15, 0.2) is 35.3 Å². The lowest BCUT2D eigenvalue weighted by molar-refractivity contribution is 0.109. The number of hydrogen-bond acceptors (Lipinski definition) is 3. The van der Waals surface area contributed by atoms with Crippen molar-refractivity contribution in [2.24, 2.45) is 10.9 Å². The Morgan fingerprint density at radius 3 is 2.61 bits per heavy atom. The van der Waals surface area contributed by atoms with Gasteiger partial charge in [0, 0.05) is 26.3 Å². The van der Waals surface area contributed by atoms with Gasteiger partial charge in [-0.15, -0.1) is 0 Å². The fourth-order valence-corrected chi connectivity index (χ4v) is 1.87. The third-order valence-electron chi connectivity index (χ3n) is 2.92. The number of hydrogen-bond donors (Lipinski definition) is 2. The molecular weight excluding hydrogens is 290 g/mol. The first-order chi connectivity index (χ1) is 11.2. The quantitative estimate of drug-likeness (QED) is 0.374. The third-order valence-corrected chi connectivity index (χ3v) is 2.92. The van der Waals surface area contributed by atoms with Gasteiger partial charge >= 0.3 is 0 Å². The number of guanidine groups is 1. The van der Waals surface area contributed by atoms with Crippen LogP contribution in [0, 0.1) is 5.92 Å². The topological polar surface area (TPSA) is 54.9 Å². The second kappa shape index (κ2) is 12.8. The van der Waals surface area contributed by atoms with Crippen LogP contribution in [0.25, 0.3) is 0 Å². The van der Waals surface area contributed by atoms with Gasteiger partial charge in [0.25, 0.3) is 0 Å². The predicted molar refractivity (Wildman–Crippen MR) is 96.2 cm³/mol. The molecule has 130 valence electrons. The molecule has 0 saturated carbocycles. The van der Waals surface area contributed by atoms with Crippen LogP contribution in [0.4, 0.5) is 0 Å². The average molecular weight is 321 g/mol. The smallest absolute Gasteiger partial charge is 0.191 e. The summed E-state index contributed by atoms with van der Waals surface area (Å²) in [6, 6.07) is 9.82. The molecule has 0 atom stereocenters. The van der Waals surface area contributed by atoms with E-state index in [0.29, 0.717) is 19.1 Å². The molecular formula is C18H31N3O2. The maximum Gasteiger partial charge on any atom is 0.191 e. The summed E-state index contributed by atoms with van der Waals surface area (Å²) in [4.78, 5) is 4.53. The average Bonchev–Trinajstić information content (AvgIpc) is 2.55. The molecule has 5 heteroatoms. The van der Waals surface area contributed by atoms with Crippen molar-refractivity contribution in [2.45, 2.75) is 27.2 Å². The molecule has 0 aliphatic heterocycles. The molecule has 0 radical (unpaired) electrons. The molecule has 0 fully saturated rings. The maximum absolute atomic E-state index is 5.65. The number of rotatable bonds is 11. The van der Waals surface area contributed by atoms with Crippen LogP contribution in [0.5, 0.6) is 5.75 Å². The summed E-state index contributed by atoms with van der Waals surface area (Å²) < 4.78 is 11.2. The minimum absolute atomic E-state index is 0.585. The Balaban J connectivity index is 2.16. The molecule has 1 rings (SSSR count). The van der Waals surface area contributed by atoms with Crippen molar-refractivity contribution in [3.8, 4) is 5.75 Å². The zero-order valence-corrected chi connectivity index (χ0v) is 14.7. The third kappa shape index (κ3) is 10.6. The van der Waals surface area contributed by atoms with E-state index in [1.54, 1.807) is 0 Å². The molecule has 0 amide bonds. The Labute approximate surface area is 140 Å². The molecule has 0 unspecified atom stereocenters. The van der Waals surface area contributed by atoms with Crippen molar-refractivity contribution in [1.29, 1.82) is 0 Å². The minimum atomic E-state index is 0.585. The van der Waals surface area contributed by atoms with Gasteiger partial charge in [0.1, 0.15) is 12.4 Å². The van der Waals surface area contributed by atoms with Crippen LogP contribution in [-0.2, 0) is 4.74 Å². The molecule has 0 aromatic heterocycles. The van der Waals surface area contributed by atoms with Crippen LogP contribution in [0.2, 0.25) is 0 Å². The van der Waals surface area contributed by atoms with Crippen LogP contribution < -0.4 is 15.4 Å². The van der Waals surface area contributed by atoms with Crippen molar-refractivity contribution >= 4 is 5.96 Å². The molecule has 0 bridgehead atoms. The van der Waals surface area contributed by atoms with Gasteiger partial charge in [-0.25, -0.2) is 0 Å². The highest BCUT2D eigenvalue weighted by Crippen LogP contribution is 2.07. The molecule has 0 heterocycles. The van der Waals surface area contributed by atoms with Gasteiger partial charge in [-0.3, -0.25) is 4.99 Å². The standard InChI is InChI=1S/C18H31N3O2/c1-4-19-18(20-11-8-13-22-15-16(2)3)21-12-14-23-17-9-6-5-7-10-17/h5-7,9-10,16H,4,8,11-15H2,1-3H3,(H2,19,20,21). The second-order valence-electron chi connectivity index (χ2n) is 5.67. The minimum Gasteiger partial charge on any atom is -0.492 e. The van der Waals surface area contributed by atoms with Crippen LogP contribution in [0.3, 0.4) is 0 Å². The van der Waals surface area contributed by atoms with E-state index in [0.717, 1.165) is 44.4 Å². The number of aliphatic imine (C=N–C) groups is 1. The summed E-state index contributed by atoms with van der Waals surface area (Å²) in [7, 11) is 0. The van der Waals surface area contributed by atoms with Crippen LogP contribution in [-0.4, -0.2) is 45.4 Å². The number of ether oxygens (including phenoxy) is 2. The van der Waals surface area contributed by atoms with Crippen molar-refractivity contribution < 1.29 is 9.47 Å². The highest BCUT2D eigenvalue weighted by Gasteiger charge is 1.98. The first kappa shape index (κ1) is 19.3. The SMILES string of the molecule is CCNC(=NCCCOCC(C)C)NCCOc1ccccc1. The lowest BCUT2D eigenvalue weighted by Gasteiger charge is -2.12. The summed E-state index contributed by atoms with van der Waals surface area (Å²) in [5.41, 5.74) is 0. The van der Waals surface area contributed by atoms with Crippen LogP contribution in [0.1, 0.15) is 27.2 Å². The highest BCUT2D eigenvalue weighted by molar-refractivity contribution is 5.79. The van der Waals surface area contributed by atoms with Gasteiger partial charge in [0.2, 0.25) is 0 Å². The van der Waals surface area contributed by atoms with E-state index >= 15 is 0 Å². The molecule has 2 N–H and O–H groups in total. The Bertz CT molecular complexity index is 422. The van der Waals surface area contributed by atoms with Gasteiger partial charge < -0.3 is 20.1 Å². The molecule has 0 saturated heterocycles. The van der Waals surface area contributed by atoms with Crippen molar-refractivity contribution in [3.05, 3.63) is 30.3 Å². The first-order valence-corrected chi connectivity index (χ1v) is 8.50. The van der Waals surface area contributed by atoms with Crippen molar-refractivity contribution in [3.63, 3.8) is 0 Å². The van der Waals surface area contributed by atoms with Gasteiger partial charge in [-0.2, -0.15) is 0 Å². The monoisotopic (exact) mass is 321 g/mol. The molecule has 0 aliphatic rings. The molecule has 5 nitrogen and oxygen atoms in total. The van der Waals surface area contributed by atoms with E-state index in [1.807, 2.05) is 30.3 Å². The van der Waals surface area contributed by atoms with E-state index in [4.69, 9.17) is 9.47 Å². The van der Waals surface area contributed by atoms with Gasteiger partial charge in [-0.1, -0.05) is 32.0 Å². The van der Waals surface area contributed by atoms with E-state index in [2.05, 4.69) is 36.4 Å². The van der Waals surface area contributed by atoms with E-state index in [1.165, 1.54) is 0 Å². The van der Waals surface area contributed by atoms with E-state index < -0.39 is 0 Å². The van der Waals surface area contributed by atoms with Crippen LogP contribution >= 0.6 is 0 Å². The fraction of sp³-hybridized carbons (Fsp3) is 0.611. The zero-order chi connectivity index (χ0) is 16.8. The molecule has 1 aromatic rings. The highest BCUT2D eigenvalue weighted by atomic mass is 16.5. The Kier molecular flexibility index (Phi) is 10.7. The number of nitrogens with one attached hydrogen (secondary N) is 2. The summed E-state index contributed by atoms with van der Waals surface area (Å²) >= 11 is 0. The number of para-hydroxylation sites is 1. The number of nitrogens with zero attached hydrogens (tertiary/aromatic N) is 1. The second-order valence-corrected chi connectivity index (χ2v) is 5.67. The Morgan fingerprint density at radius 1 is 1.13 bits per heavy atom. The Morgan fingerprint density at radius 2 is 1.91 bits per heavy atom. The molecule has 0 spiro atoms. The van der Waals surface area contributed by atoms with Crippen molar-refractivity contribution in [2.75, 3.05) is 39.5 Å². The summed E-state index contributed by atoms with van der Waals surface area (Å²) in [6.45, 7) is 10.9. The summed E-state index contributed by atoms with van der Waals surface area (Å²) in [5, 5.41) is 6.51. The molecule has 1 aromatic carbocycles. The predicted octanol–water partition coefficient (Wildman–Crippen LogP) is 2.68. The van der Waals surface area contributed by atoms with Crippen molar-refractivity contribution in [1.82, 2.24) is 10.6 Å². The number of benzene rings is 1. The fourth-order valence-electron chi connectivity index (χ4n) is 1.87. The lowest BCUT2D eigenvalue weighted by atomic mass is 10.2. The first-order valence-electron chi connectivity index (χ1n) is 8.50. The van der Waals surface area contributed by atoms with Gasteiger partial charge in [-0.05, 0) is 31.4 Å². The van der Waals surface area contributed by atoms with E-state index in [9.17, 15) is 0 Å². The van der Waals surface area contributed by atoms with E-state index in [-0.39, 0.29) is 0 Å².